The van der Waals surface area contributed by atoms with Crippen molar-refractivity contribution in [3.05, 3.63) is 0 Å². The molecule has 3 saturated carbocycles. The van der Waals surface area contributed by atoms with E-state index in [1.807, 2.05) is 13.8 Å². The summed E-state index contributed by atoms with van der Waals surface area (Å²) >= 11 is 0. The van der Waals surface area contributed by atoms with E-state index in [1.165, 1.54) is 13.3 Å². The van der Waals surface area contributed by atoms with E-state index < -0.39 is 0 Å². The summed E-state index contributed by atoms with van der Waals surface area (Å²) in [6.07, 6.45) is 3.01. The highest BCUT2D eigenvalue weighted by molar-refractivity contribution is 6.45. The average molecular weight is 281 g/mol. The Balaban J connectivity index is 0.000000704. The molecule has 20 heavy (non-hydrogen) atoms. The molecule has 4 aliphatic rings. The van der Waals surface area contributed by atoms with Gasteiger partial charge in [-0.25, -0.2) is 0 Å². The molecule has 4 fully saturated rings. The topological polar surface area (TPSA) is 47.6 Å². The number of nitrogens with one attached hydrogen (secondary N) is 1. The summed E-state index contributed by atoms with van der Waals surface area (Å²) in [4.78, 5) is 10.9. The second-order valence-electron chi connectivity index (χ2n) is 6.84. The monoisotopic (exact) mass is 281 g/mol. The Hall–Kier alpha value is -0.545. The summed E-state index contributed by atoms with van der Waals surface area (Å²) in [5.41, 5.74) is 0.207. The van der Waals surface area contributed by atoms with Gasteiger partial charge in [-0.05, 0) is 37.0 Å². The summed E-state index contributed by atoms with van der Waals surface area (Å²) in [5, 5.41) is 2.77. The number of hydrogen-bond acceptors (Lipinski definition) is 3. The molecule has 1 amide bonds. The first-order chi connectivity index (χ1) is 9.34. The van der Waals surface area contributed by atoms with Crippen LogP contribution in [0.3, 0.4) is 0 Å². The van der Waals surface area contributed by atoms with Crippen LogP contribution in [-0.4, -0.2) is 31.2 Å². The van der Waals surface area contributed by atoms with E-state index in [1.54, 1.807) is 0 Å². The fourth-order valence-electron chi connectivity index (χ4n) is 4.27. The molecule has 1 aliphatic heterocycles. The van der Waals surface area contributed by atoms with Gasteiger partial charge < -0.3 is 14.6 Å². The van der Waals surface area contributed by atoms with E-state index >= 15 is 0 Å². The Morgan fingerprint density at radius 2 is 1.95 bits per heavy atom. The molecule has 1 saturated heterocycles. The third kappa shape index (κ3) is 2.29. The number of amides is 1. The third-order valence-electron chi connectivity index (χ3n) is 5.52. The van der Waals surface area contributed by atoms with Gasteiger partial charge in [0.05, 0.1) is 18.1 Å². The lowest BCUT2D eigenvalue weighted by Gasteiger charge is -2.64. The molecule has 4 rings (SSSR count). The van der Waals surface area contributed by atoms with Crippen molar-refractivity contribution in [1.82, 2.24) is 5.32 Å². The van der Waals surface area contributed by atoms with Crippen LogP contribution in [0.4, 0.5) is 0 Å². The van der Waals surface area contributed by atoms with Crippen LogP contribution in [0, 0.1) is 17.3 Å². The summed E-state index contributed by atoms with van der Waals surface area (Å²) in [5.74, 6) is 1.31. The number of carbonyl (C=O) groups excluding carboxylic acids is 1. The van der Waals surface area contributed by atoms with Crippen LogP contribution >= 0.6 is 0 Å². The van der Waals surface area contributed by atoms with E-state index in [0.29, 0.717) is 17.8 Å². The molecule has 0 aromatic carbocycles. The van der Waals surface area contributed by atoms with Crippen molar-refractivity contribution in [1.29, 1.82) is 0 Å². The van der Waals surface area contributed by atoms with Gasteiger partial charge in [0, 0.05) is 6.92 Å². The van der Waals surface area contributed by atoms with Crippen LogP contribution < -0.4 is 5.32 Å². The lowest BCUT2D eigenvalue weighted by atomic mass is 9.43. The highest BCUT2D eigenvalue weighted by Gasteiger charge is 2.67. The predicted octanol–water partition coefficient (Wildman–Crippen LogP) is 2.42. The number of rotatable bonds is 2. The van der Waals surface area contributed by atoms with Crippen LogP contribution in [0.2, 0.25) is 0 Å². The molecule has 3 aliphatic carbocycles. The fourth-order valence-corrected chi connectivity index (χ4v) is 4.27. The van der Waals surface area contributed by atoms with Gasteiger partial charge >= 0.3 is 7.12 Å². The largest absolute Gasteiger partial charge is 0.478 e. The molecule has 2 bridgehead atoms. The SMILES string of the molecule is CC.CC(=O)NCB1O[C@@H]2C[C@@H]3C[C@@H](C3(C)C)[C@]2(C)O1. The second kappa shape index (κ2) is 5.34. The summed E-state index contributed by atoms with van der Waals surface area (Å²) < 4.78 is 12.1. The van der Waals surface area contributed by atoms with Crippen LogP contribution in [-0.2, 0) is 14.1 Å². The number of carbonyl (C=O) groups is 1. The lowest BCUT2D eigenvalue weighted by molar-refractivity contribution is -0.199. The molecule has 4 nitrogen and oxygen atoms in total. The van der Waals surface area contributed by atoms with Gasteiger partial charge in [0.1, 0.15) is 0 Å². The van der Waals surface area contributed by atoms with Crippen molar-refractivity contribution in [3.63, 3.8) is 0 Å². The average Bonchev–Trinajstić information content (AvgIpc) is 2.74. The zero-order valence-electron chi connectivity index (χ0n) is 13.7. The Kier molecular flexibility index (Phi) is 4.23. The smallest absolute Gasteiger partial charge is 0.404 e. The minimum Gasteiger partial charge on any atom is -0.404 e. The van der Waals surface area contributed by atoms with Crippen molar-refractivity contribution >= 4 is 13.0 Å². The highest BCUT2D eigenvalue weighted by Crippen LogP contribution is 2.65. The third-order valence-corrected chi connectivity index (χ3v) is 5.52. The molecule has 1 N–H and O–H groups in total. The standard InChI is InChI=1S/C13H22BNO3.C2H6/c1-8(16)15-7-14-17-11-6-9-5-10(12(9,2)3)13(11,4)18-14;1-2/h9-11H,5-7H2,1-4H3,(H,15,16);1-2H3/t9-,10-,11+,13-;/m0./s1. The van der Waals surface area contributed by atoms with E-state index in [4.69, 9.17) is 9.31 Å². The van der Waals surface area contributed by atoms with Gasteiger partial charge in [-0.1, -0.05) is 27.7 Å². The summed E-state index contributed by atoms with van der Waals surface area (Å²) in [6, 6.07) is 0. The first-order valence-electron chi connectivity index (χ1n) is 7.91. The zero-order valence-corrected chi connectivity index (χ0v) is 13.7. The van der Waals surface area contributed by atoms with Crippen molar-refractivity contribution in [2.45, 2.75) is 66.1 Å². The van der Waals surface area contributed by atoms with Gasteiger partial charge in [-0.3, -0.25) is 4.79 Å². The van der Waals surface area contributed by atoms with Crippen molar-refractivity contribution in [3.8, 4) is 0 Å². The number of hydrogen-bond donors (Lipinski definition) is 1. The van der Waals surface area contributed by atoms with E-state index in [2.05, 4.69) is 26.1 Å². The summed E-state index contributed by atoms with van der Waals surface area (Å²) in [6.45, 7) is 12.4. The molecule has 114 valence electrons. The van der Waals surface area contributed by atoms with Crippen molar-refractivity contribution in [2.75, 3.05) is 6.44 Å². The minimum atomic E-state index is -0.279. The van der Waals surface area contributed by atoms with E-state index in [-0.39, 0.29) is 24.7 Å². The van der Waals surface area contributed by atoms with Gasteiger partial charge in [-0.2, -0.15) is 0 Å². The normalized spacial score (nSPS) is 40.1. The maximum atomic E-state index is 10.9. The molecule has 4 atom stereocenters. The molecule has 0 spiro atoms. The van der Waals surface area contributed by atoms with Crippen LogP contribution in [0.15, 0.2) is 0 Å². The Morgan fingerprint density at radius 3 is 2.50 bits per heavy atom. The molecule has 0 radical (unpaired) electrons. The van der Waals surface area contributed by atoms with Crippen LogP contribution in [0.1, 0.15) is 54.4 Å². The van der Waals surface area contributed by atoms with Crippen LogP contribution in [0.25, 0.3) is 0 Å². The molecular formula is C15H28BNO3. The van der Waals surface area contributed by atoms with Crippen molar-refractivity contribution < 1.29 is 14.1 Å². The Morgan fingerprint density at radius 1 is 1.30 bits per heavy atom. The Labute approximate surface area is 123 Å². The zero-order chi connectivity index (χ0) is 15.1. The maximum Gasteiger partial charge on any atom is 0.478 e. The van der Waals surface area contributed by atoms with E-state index in [0.717, 1.165) is 12.3 Å². The molecule has 0 aromatic rings. The Bertz CT molecular complexity index is 387. The second-order valence-corrected chi connectivity index (χ2v) is 6.84. The quantitative estimate of drug-likeness (QED) is 0.791. The van der Waals surface area contributed by atoms with Gasteiger partial charge in [-0.15, -0.1) is 0 Å². The van der Waals surface area contributed by atoms with Gasteiger partial charge in [0.25, 0.3) is 0 Å². The van der Waals surface area contributed by atoms with Crippen molar-refractivity contribution in [2.24, 2.45) is 17.3 Å². The van der Waals surface area contributed by atoms with Gasteiger partial charge in [0.15, 0.2) is 0 Å². The molecule has 5 heteroatoms. The molecule has 0 unspecified atom stereocenters. The highest BCUT2D eigenvalue weighted by atomic mass is 16.7. The predicted molar refractivity (Wildman–Crippen MR) is 80.1 cm³/mol. The fraction of sp³-hybridized carbons (Fsp3) is 0.933. The summed E-state index contributed by atoms with van der Waals surface area (Å²) in [7, 11) is -0.279. The molecular weight excluding hydrogens is 253 g/mol. The molecule has 1 heterocycles. The first kappa shape index (κ1) is 15.8. The first-order valence-corrected chi connectivity index (χ1v) is 7.91. The minimum absolute atomic E-state index is 0.0353. The van der Waals surface area contributed by atoms with Gasteiger partial charge in [0.2, 0.25) is 5.91 Å². The van der Waals surface area contributed by atoms with E-state index in [9.17, 15) is 4.79 Å². The molecule has 0 aromatic heterocycles. The lowest BCUT2D eigenvalue weighted by Crippen LogP contribution is -2.65. The maximum absolute atomic E-state index is 10.9. The van der Waals surface area contributed by atoms with Crippen LogP contribution in [0.5, 0.6) is 0 Å².